The van der Waals surface area contributed by atoms with E-state index >= 15 is 0 Å². The first kappa shape index (κ1) is 20.1. The van der Waals surface area contributed by atoms with Crippen molar-refractivity contribution in [1.29, 1.82) is 0 Å². The van der Waals surface area contributed by atoms with Crippen LogP contribution in [0.5, 0.6) is 0 Å². The highest BCUT2D eigenvalue weighted by Crippen LogP contribution is 2.28. The molecule has 0 radical (unpaired) electrons. The molecule has 0 aliphatic carbocycles. The minimum absolute atomic E-state index is 0.0949. The van der Waals surface area contributed by atoms with Crippen LogP contribution in [0.4, 0.5) is 13.2 Å². The summed E-state index contributed by atoms with van der Waals surface area (Å²) in [5.41, 5.74) is -3.63. The lowest BCUT2D eigenvalue weighted by Crippen LogP contribution is -2.40. The normalized spacial score (nSPS) is 12.0. The van der Waals surface area contributed by atoms with Crippen LogP contribution in [0.25, 0.3) is 5.69 Å². The van der Waals surface area contributed by atoms with Crippen LogP contribution in [0.2, 0.25) is 10.0 Å². The molecule has 2 rings (SSSR count). The van der Waals surface area contributed by atoms with Crippen LogP contribution < -0.4 is 11.2 Å². The molecule has 140 valence electrons. The van der Waals surface area contributed by atoms with E-state index in [9.17, 15) is 22.8 Å². The summed E-state index contributed by atoms with van der Waals surface area (Å²) in [5.74, 6) is 0. The molecule has 0 N–H and O–H groups in total. The zero-order chi connectivity index (χ0) is 19.6. The van der Waals surface area contributed by atoms with Gasteiger partial charge in [-0.05, 0) is 19.1 Å². The quantitative estimate of drug-likeness (QED) is 0.575. The molecule has 6 nitrogen and oxygen atoms in total. The van der Waals surface area contributed by atoms with Gasteiger partial charge in [0.15, 0.2) is 0 Å². The Morgan fingerprint density at radius 2 is 1.85 bits per heavy atom. The second-order valence-corrected chi connectivity index (χ2v) is 5.83. The predicted octanol–water partition coefficient (Wildman–Crippen LogP) is 3.23. The number of alkyl halides is 3. The van der Waals surface area contributed by atoms with Crippen LogP contribution >= 0.6 is 23.2 Å². The summed E-state index contributed by atoms with van der Waals surface area (Å²) in [4.78, 5) is 29.3. The molecule has 0 fully saturated rings. The van der Waals surface area contributed by atoms with Gasteiger partial charge in [0.25, 0.3) is 5.56 Å². The van der Waals surface area contributed by atoms with Gasteiger partial charge in [-0.3, -0.25) is 9.36 Å². The number of aromatic nitrogens is 2. The first-order valence-corrected chi connectivity index (χ1v) is 7.88. The molecule has 2 aromatic rings. The van der Waals surface area contributed by atoms with Crippen molar-refractivity contribution in [2.75, 3.05) is 6.61 Å². The van der Waals surface area contributed by atoms with Gasteiger partial charge in [0.05, 0.1) is 21.9 Å². The van der Waals surface area contributed by atoms with Gasteiger partial charge in [-0.15, -0.1) is 0 Å². The van der Waals surface area contributed by atoms with Crippen molar-refractivity contribution in [2.24, 2.45) is 12.2 Å². The van der Waals surface area contributed by atoms with Gasteiger partial charge in [-0.25, -0.2) is 9.36 Å². The van der Waals surface area contributed by atoms with E-state index in [1.54, 1.807) is 6.92 Å². The van der Waals surface area contributed by atoms with Gasteiger partial charge in [0.2, 0.25) is 0 Å². The molecule has 26 heavy (non-hydrogen) atoms. The molecule has 1 heterocycles. The van der Waals surface area contributed by atoms with Crippen molar-refractivity contribution in [2.45, 2.75) is 13.1 Å². The van der Waals surface area contributed by atoms with E-state index < -0.39 is 23.1 Å². The Labute approximate surface area is 155 Å². The molecular formula is C15H12Cl2F3N3O3. The Bertz CT molecular complexity index is 981. The Balaban J connectivity index is 2.73. The number of benzene rings is 1. The summed E-state index contributed by atoms with van der Waals surface area (Å²) in [5, 5.41) is 3.68. The SMILES string of the molecule is CCON=Cc1cc(-n2c(=O)cc(C(F)(F)F)n(C)c2=O)c(Cl)cc1Cl. The van der Waals surface area contributed by atoms with Crippen molar-refractivity contribution in [1.82, 2.24) is 9.13 Å². The van der Waals surface area contributed by atoms with Crippen LogP contribution in [0.3, 0.4) is 0 Å². The number of nitrogens with zero attached hydrogens (tertiary/aromatic N) is 3. The van der Waals surface area contributed by atoms with Gasteiger partial charge in [0.1, 0.15) is 12.3 Å². The molecule has 0 saturated heterocycles. The highest BCUT2D eigenvalue weighted by atomic mass is 35.5. The third-order valence-corrected chi connectivity index (χ3v) is 3.94. The molecule has 0 bridgehead atoms. The van der Waals surface area contributed by atoms with Gasteiger partial charge < -0.3 is 4.84 Å². The van der Waals surface area contributed by atoms with Gasteiger partial charge >= 0.3 is 11.9 Å². The van der Waals surface area contributed by atoms with Crippen molar-refractivity contribution >= 4 is 29.4 Å². The highest BCUT2D eigenvalue weighted by Gasteiger charge is 2.35. The Hall–Kier alpha value is -2.26. The second kappa shape index (κ2) is 7.55. The molecule has 0 saturated carbocycles. The fourth-order valence-electron chi connectivity index (χ4n) is 2.11. The maximum atomic E-state index is 12.9. The lowest BCUT2D eigenvalue weighted by Gasteiger charge is -2.15. The zero-order valence-corrected chi connectivity index (χ0v) is 15.0. The lowest BCUT2D eigenvalue weighted by molar-refractivity contribution is -0.144. The molecular weight excluding hydrogens is 398 g/mol. The standard InChI is InChI=1S/C15H12Cl2F3N3O3/c1-3-26-21-7-8-4-11(10(17)5-9(8)16)23-13(24)6-12(15(18,19)20)22(2)14(23)25/h4-7H,3H2,1-2H3. The first-order valence-electron chi connectivity index (χ1n) is 7.13. The van der Waals surface area contributed by atoms with Gasteiger partial charge in [-0.1, -0.05) is 28.4 Å². The molecule has 0 spiro atoms. The highest BCUT2D eigenvalue weighted by molar-refractivity contribution is 6.37. The fourth-order valence-corrected chi connectivity index (χ4v) is 2.63. The van der Waals surface area contributed by atoms with Crippen LogP contribution in [-0.4, -0.2) is 22.0 Å². The molecule has 11 heteroatoms. The largest absolute Gasteiger partial charge is 0.431 e. The van der Waals surface area contributed by atoms with Crippen LogP contribution in [0.1, 0.15) is 18.2 Å². The van der Waals surface area contributed by atoms with Crippen molar-refractivity contribution in [3.63, 3.8) is 0 Å². The summed E-state index contributed by atoms with van der Waals surface area (Å²) in [6.07, 6.45) is -3.63. The third-order valence-electron chi connectivity index (χ3n) is 3.31. The number of hydrogen-bond donors (Lipinski definition) is 0. The summed E-state index contributed by atoms with van der Waals surface area (Å²) < 4.78 is 39.6. The average molecular weight is 410 g/mol. The van der Waals surface area contributed by atoms with E-state index in [1.165, 1.54) is 18.3 Å². The fraction of sp³-hybridized carbons (Fsp3) is 0.267. The van der Waals surface area contributed by atoms with E-state index in [1.807, 2.05) is 0 Å². The van der Waals surface area contributed by atoms with E-state index in [4.69, 9.17) is 28.0 Å². The Morgan fingerprint density at radius 3 is 2.42 bits per heavy atom. The summed E-state index contributed by atoms with van der Waals surface area (Å²) in [6, 6.07) is 2.82. The second-order valence-electron chi connectivity index (χ2n) is 5.02. The van der Waals surface area contributed by atoms with E-state index in [0.717, 1.165) is 7.05 Å². The minimum Gasteiger partial charge on any atom is -0.396 e. The Morgan fingerprint density at radius 1 is 1.19 bits per heavy atom. The number of hydrogen-bond acceptors (Lipinski definition) is 4. The van der Waals surface area contributed by atoms with E-state index in [-0.39, 0.29) is 21.3 Å². The van der Waals surface area contributed by atoms with Crippen molar-refractivity contribution < 1.29 is 18.0 Å². The maximum absolute atomic E-state index is 12.9. The molecule has 0 atom stereocenters. The molecule has 0 amide bonds. The lowest BCUT2D eigenvalue weighted by atomic mass is 10.2. The Kier molecular flexibility index (Phi) is 5.82. The molecule has 1 aromatic heterocycles. The topological polar surface area (TPSA) is 65.6 Å². The number of halogens is 5. The summed E-state index contributed by atoms with van der Waals surface area (Å²) in [6.45, 7) is 2.01. The maximum Gasteiger partial charge on any atom is 0.431 e. The average Bonchev–Trinajstić information content (AvgIpc) is 2.53. The van der Waals surface area contributed by atoms with Crippen LogP contribution in [-0.2, 0) is 18.1 Å². The van der Waals surface area contributed by atoms with Crippen LogP contribution in [0.15, 0.2) is 32.9 Å². The molecule has 1 aromatic carbocycles. The van der Waals surface area contributed by atoms with Crippen molar-refractivity contribution in [3.05, 3.63) is 60.3 Å². The van der Waals surface area contributed by atoms with Crippen molar-refractivity contribution in [3.8, 4) is 5.69 Å². The van der Waals surface area contributed by atoms with E-state index in [2.05, 4.69) is 5.16 Å². The minimum atomic E-state index is -4.86. The number of oxime groups is 1. The molecule has 0 unspecified atom stereocenters. The molecule has 0 aliphatic heterocycles. The monoisotopic (exact) mass is 409 g/mol. The smallest absolute Gasteiger partial charge is 0.396 e. The number of rotatable bonds is 4. The predicted molar refractivity (Wildman–Crippen MR) is 91.5 cm³/mol. The third kappa shape index (κ3) is 3.94. The van der Waals surface area contributed by atoms with Gasteiger partial charge in [0, 0.05) is 18.7 Å². The summed E-state index contributed by atoms with van der Waals surface area (Å²) >= 11 is 12.0. The van der Waals surface area contributed by atoms with Crippen LogP contribution in [0, 0.1) is 0 Å². The van der Waals surface area contributed by atoms with E-state index in [0.29, 0.717) is 21.8 Å². The molecule has 0 aliphatic rings. The zero-order valence-electron chi connectivity index (χ0n) is 13.5. The summed E-state index contributed by atoms with van der Waals surface area (Å²) in [7, 11) is 0.905. The van der Waals surface area contributed by atoms with Gasteiger partial charge in [-0.2, -0.15) is 13.2 Å². The first-order chi connectivity index (χ1) is 12.1.